The number of hydrogen-bond donors (Lipinski definition) is 2. The minimum absolute atomic E-state index is 0.259. The lowest BCUT2D eigenvalue weighted by Gasteiger charge is -2.13. The molecule has 1 rings (SSSR count). The molecule has 0 unspecified atom stereocenters. The Kier molecular flexibility index (Phi) is 7.08. The highest BCUT2D eigenvalue weighted by Crippen LogP contribution is 2.24. The van der Waals surface area contributed by atoms with Gasteiger partial charge in [0.15, 0.2) is 5.82 Å². The summed E-state index contributed by atoms with van der Waals surface area (Å²) in [5, 5.41) is 3.18. The molecule has 0 atom stereocenters. The lowest BCUT2D eigenvalue weighted by molar-refractivity contribution is 0.0787. The van der Waals surface area contributed by atoms with Crippen LogP contribution >= 0.6 is 0 Å². The summed E-state index contributed by atoms with van der Waals surface area (Å²) in [4.78, 5) is 8.19. The molecule has 6 heteroatoms. The van der Waals surface area contributed by atoms with Crippen LogP contribution < -0.4 is 15.8 Å². The number of aromatic nitrogens is 2. The number of nitrogen functional groups attached to an aromatic ring is 1. The zero-order chi connectivity index (χ0) is 15.0. The van der Waals surface area contributed by atoms with Gasteiger partial charge in [-0.2, -0.15) is 4.98 Å². The normalized spacial score (nSPS) is 11.1. The molecule has 3 N–H and O–H groups in total. The molecular formula is C14H26N4O2. The zero-order valence-electron chi connectivity index (χ0n) is 12.8. The first-order valence-electron chi connectivity index (χ1n) is 7.09. The van der Waals surface area contributed by atoms with Crippen LogP contribution in [0.15, 0.2) is 6.33 Å². The first-order chi connectivity index (χ1) is 9.50. The summed E-state index contributed by atoms with van der Waals surface area (Å²) in [7, 11) is 0. The van der Waals surface area contributed by atoms with Gasteiger partial charge in [-0.05, 0) is 26.2 Å². The summed E-state index contributed by atoms with van der Waals surface area (Å²) in [6, 6.07) is 0. The molecule has 0 fully saturated rings. The Balaban J connectivity index is 2.43. The zero-order valence-corrected chi connectivity index (χ0v) is 12.8. The van der Waals surface area contributed by atoms with E-state index < -0.39 is 0 Å². The van der Waals surface area contributed by atoms with Gasteiger partial charge < -0.3 is 20.5 Å². The number of rotatable bonds is 9. The quantitative estimate of drug-likeness (QED) is 0.676. The number of nitrogens with one attached hydrogen (secondary N) is 1. The van der Waals surface area contributed by atoms with Crippen molar-refractivity contribution in [3.63, 3.8) is 0 Å². The summed E-state index contributed by atoms with van der Waals surface area (Å²) in [5.74, 6) is 1.48. The summed E-state index contributed by atoms with van der Waals surface area (Å²) >= 11 is 0. The molecule has 0 saturated carbocycles. The van der Waals surface area contributed by atoms with Gasteiger partial charge in [0, 0.05) is 13.2 Å². The predicted octanol–water partition coefficient (Wildman–Crippen LogP) is 2.32. The predicted molar refractivity (Wildman–Crippen MR) is 81.0 cm³/mol. The van der Waals surface area contributed by atoms with E-state index in [9.17, 15) is 0 Å². The molecule has 6 nitrogen and oxygen atoms in total. The molecule has 1 heterocycles. The lowest BCUT2D eigenvalue weighted by Crippen LogP contribution is -2.13. The highest BCUT2D eigenvalue weighted by Gasteiger charge is 2.09. The molecule has 20 heavy (non-hydrogen) atoms. The van der Waals surface area contributed by atoms with E-state index in [1.807, 2.05) is 13.8 Å². The van der Waals surface area contributed by atoms with Crippen molar-refractivity contribution in [2.45, 2.75) is 40.2 Å². The smallest absolute Gasteiger partial charge is 0.242 e. The van der Waals surface area contributed by atoms with Crippen LogP contribution in [0.5, 0.6) is 5.88 Å². The Labute approximate surface area is 121 Å². The molecule has 0 saturated heterocycles. The average Bonchev–Trinajstić information content (AvgIpc) is 2.38. The van der Waals surface area contributed by atoms with Crippen molar-refractivity contribution in [3.05, 3.63) is 6.33 Å². The van der Waals surface area contributed by atoms with E-state index in [1.165, 1.54) is 6.33 Å². The van der Waals surface area contributed by atoms with E-state index >= 15 is 0 Å². The van der Waals surface area contributed by atoms with Gasteiger partial charge in [0.2, 0.25) is 5.88 Å². The molecule has 0 aliphatic carbocycles. The maximum Gasteiger partial charge on any atom is 0.242 e. The highest BCUT2D eigenvalue weighted by atomic mass is 16.5. The summed E-state index contributed by atoms with van der Waals surface area (Å²) in [6.45, 7) is 10.2. The van der Waals surface area contributed by atoms with E-state index in [1.54, 1.807) is 0 Å². The summed E-state index contributed by atoms with van der Waals surface area (Å²) < 4.78 is 11.0. The third kappa shape index (κ3) is 6.06. The molecule has 1 aromatic rings. The third-order valence-corrected chi connectivity index (χ3v) is 2.47. The molecule has 0 spiro atoms. The minimum atomic E-state index is 0.259. The molecule has 0 radical (unpaired) electrons. The Morgan fingerprint density at radius 3 is 2.65 bits per heavy atom. The fraction of sp³-hybridized carbons (Fsp3) is 0.714. The second kappa shape index (κ2) is 8.58. The van der Waals surface area contributed by atoms with E-state index in [0.29, 0.717) is 36.5 Å². The lowest BCUT2D eigenvalue weighted by atomic mass is 10.2. The van der Waals surface area contributed by atoms with Crippen molar-refractivity contribution in [3.8, 4) is 5.88 Å². The van der Waals surface area contributed by atoms with Crippen molar-refractivity contribution in [1.29, 1.82) is 0 Å². The largest absolute Gasteiger partial charge is 0.476 e. The van der Waals surface area contributed by atoms with E-state index in [0.717, 1.165) is 13.0 Å². The van der Waals surface area contributed by atoms with Crippen LogP contribution in [0.1, 0.15) is 34.1 Å². The first kappa shape index (κ1) is 16.5. The Morgan fingerprint density at radius 2 is 2.00 bits per heavy atom. The molecule has 114 valence electrons. The van der Waals surface area contributed by atoms with Crippen molar-refractivity contribution in [1.82, 2.24) is 9.97 Å². The van der Waals surface area contributed by atoms with Crippen molar-refractivity contribution < 1.29 is 9.47 Å². The number of hydrogen-bond acceptors (Lipinski definition) is 6. The second-order valence-electron chi connectivity index (χ2n) is 5.35. The van der Waals surface area contributed by atoms with E-state index in [2.05, 4.69) is 29.1 Å². The second-order valence-corrected chi connectivity index (χ2v) is 5.35. The minimum Gasteiger partial charge on any atom is -0.476 e. The van der Waals surface area contributed by atoms with Crippen molar-refractivity contribution in [2.24, 2.45) is 5.92 Å². The Hall–Kier alpha value is -1.56. The van der Waals surface area contributed by atoms with Gasteiger partial charge in [0.25, 0.3) is 0 Å². The van der Waals surface area contributed by atoms with Crippen molar-refractivity contribution >= 4 is 11.5 Å². The fourth-order valence-electron chi connectivity index (χ4n) is 1.48. The van der Waals surface area contributed by atoms with Crippen LogP contribution in [0, 0.1) is 5.92 Å². The SMILES string of the molecule is CC(C)COc1ncnc(NCCCOC(C)C)c1N. The van der Waals surface area contributed by atoms with Crippen LogP contribution in [0.3, 0.4) is 0 Å². The maximum atomic E-state index is 5.99. The fourth-order valence-corrected chi connectivity index (χ4v) is 1.48. The monoisotopic (exact) mass is 282 g/mol. The molecule has 0 aliphatic rings. The number of anilines is 2. The highest BCUT2D eigenvalue weighted by molar-refractivity contribution is 5.66. The average molecular weight is 282 g/mol. The van der Waals surface area contributed by atoms with Crippen LogP contribution in [0.4, 0.5) is 11.5 Å². The van der Waals surface area contributed by atoms with Gasteiger partial charge in [0.1, 0.15) is 12.0 Å². The Bertz CT molecular complexity index is 397. The van der Waals surface area contributed by atoms with Gasteiger partial charge in [0.05, 0.1) is 12.7 Å². The number of nitrogens with zero attached hydrogens (tertiary/aromatic N) is 2. The molecule has 0 amide bonds. The van der Waals surface area contributed by atoms with Gasteiger partial charge in [-0.25, -0.2) is 4.98 Å². The van der Waals surface area contributed by atoms with Crippen LogP contribution in [-0.2, 0) is 4.74 Å². The third-order valence-electron chi connectivity index (χ3n) is 2.47. The maximum absolute atomic E-state index is 5.99. The molecular weight excluding hydrogens is 256 g/mol. The standard InChI is InChI=1S/C14H26N4O2/c1-10(2)8-20-14-12(15)13(17-9-18-14)16-6-5-7-19-11(3)4/h9-11H,5-8,15H2,1-4H3,(H,16,17,18). The van der Waals surface area contributed by atoms with Gasteiger partial charge >= 0.3 is 0 Å². The summed E-state index contributed by atoms with van der Waals surface area (Å²) in [5.41, 5.74) is 6.45. The van der Waals surface area contributed by atoms with Crippen molar-refractivity contribution in [2.75, 3.05) is 30.8 Å². The Morgan fingerprint density at radius 1 is 1.25 bits per heavy atom. The first-order valence-corrected chi connectivity index (χ1v) is 7.09. The number of ether oxygens (including phenoxy) is 2. The van der Waals surface area contributed by atoms with E-state index in [-0.39, 0.29) is 6.10 Å². The molecule has 0 bridgehead atoms. The van der Waals surface area contributed by atoms with Gasteiger partial charge in [-0.3, -0.25) is 0 Å². The number of nitrogens with two attached hydrogens (primary N) is 1. The van der Waals surface area contributed by atoms with Gasteiger partial charge in [-0.15, -0.1) is 0 Å². The van der Waals surface area contributed by atoms with Crippen LogP contribution in [0.2, 0.25) is 0 Å². The van der Waals surface area contributed by atoms with Crippen LogP contribution in [0.25, 0.3) is 0 Å². The molecule has 0 aromatic carbocycles. The van der Waals surface area contributed by atoms with Gasteiger partial charge in [-0.1, -0.05) is 13.8 Å². The molecule has 1 aromatic heterocycles. The van der Waals surface area contributed by atoms with Crippen LogP contribution in [-0.4, -0.2) is 35.8 Å². The topological polar surface area (TPSA) is 82.3 Å². The van der Waals surface area contributed by atoms with E-state index in [4.69, 9.17) is 15.2 Å². The summed E-state index contributed by atoms with van der Waals surface area (Å²) in [6.07, 6.45) is 2.61. The molecule has 0 aliphatic heterocycles.